The maximum absolute atomic E-state index is 9.26. The number of rotatable bonds is 3. The molecular formula is C10H11N3O2. The molecule has 2 aromatic rings. The second-order valence-electron chi connectivity index (χ2n) is 3.16. The van der Waals surface area contributed by atoms with Gasteiger partial charge in [-0.1, -0.05) is 17.3 Å². The van der Waals surface area contributed by atoms with E-state index in [1.807, 2.05) is 6.07 Å². The van der Waals surface area contributed by atoms with Gasteiger partial charge < -0.3 is 15.4 Å². The SMILES string of the molecule is NCc1nc(Cc2cccc(O)c2)no1. The van der Waals surface area contributed by atoms with Crippen LogP contribution in [0, 0.1) is 0 Å². The molecule has 15 heavy (non-hydrogen) atoms. The van der Waals surface area contributed by atoms with Crippen LogP contribution >= 0.6 is 0 Å². The van der Waals surface area contributed by atoms with Gasteiger partial charge in [0.1, 0.15) is 5.75 Å². The molecule has 0 amide bonds. The number of aromatic hydroxyl groups is 1. The zero-order valence-electron chi connectivity index (χ0n) is 8.05. The van der Waals surface area contributed by atoms with Crippen LogP contribution < -0.4 is 5.73 Å². The summed E-state index contributed by atoms with van der Waals surface area (Å²) in [5, 5.41) is 13.0. The Morgan fingerprint density at radius 3 is 2.93 bits per heavy atom. The van der Waals surface area contributed by atoms with Gasteiger partial charge in [-0.15, -0.1) is 0 Å². The molecule has 1 heterocycles. The molecule has 0 saturated heterocycles. The van der Waals surface area contributed by atoms with Crippen molar-refractivity contribution < 1.29 is 9.63 Å². The molecule has 2 rings (SSSR count). The third-order valence-corrected chi connectivity index (χ3v) is 1.96. The standard InChI is InChI=1S/C10H11N3O2/c11-6-10-12-9(13-15-10)5-7-2-1-3-8(14)4-7/h1-4,14H,5-6,11H2. The molecule has 0 unspecified atom stereocenters. The number of hydrogen-bond donors (Lipinski definition) is 2. The second-order valence-corrected chi connectivity index (χ2v) is 3.16. The van der Waals surface area contributed by atoms with Gasteiger partial charge in [-0.25, -0.2) is 0 Å². The third kappa shape index (κ3) is 2.32. The lowest BCUT2D eigenvalue weighted by molar-refractivity contribution is 0.375. The molecule has 0 saturated carbocycles. The molecule has 1 aromatic carbocycles. The maximum Gasteiger partial charge on any atom is 0.240 e. The summed E-state index contributed by atoms with van der Waals surface area (Å²) in [4.78, 5) is 4.07. The van der Waals surface area contributed by atoms with Crippen molar-refractivity contribution in [2.24, 2.45) is 5.73 Å². The van der Waals surface area contributed by atoms with Gasteiger partial charge in [0.25, 0.3) is 0 Å². The monoisotopic (exact) mass is 205 g/mol. The van der Waals surface area contributed by atoms with E-state index in [9.17, 15) is 5.11 Å². The molecule has 0 aliphatic carbocycles. The summed E-state index contributed by atoms with van der Waals surface area (Å²) in [6.07, 6.45) is 0.526. The van der Waals surface area contributed by atoms with E-state index >= 15 is 0 Å². The normalized spacial score (nSPS) is 10.5. The summed E-state index contributed by atoms with van der Waals surface area (Å²) in [7, 11) is 0. The Bertz CT molecular complexity index is 453. The number of hydrogen-bond acceptors (Lipinski definition) is 5. The first-order valence-electron chi connectivity index (χ1n) is 4.57. The molecule has 0 spiro atoms. The van der Waals surface area contributed by atoms with Crippen LogP contribution in [0.2, 0.25) is 0 Å². The van der Waals surface area contributed by atoms with Gasteiger partial charge in [0, 0.05) is 6.42 Å². The quantitative estimate of drug-likeness (QED) is 0.775. The minimum Gasteiger partial charge on any atom is -0.508 e. The van der Waals surface area contributed by atoms with E-state index in [2.05, 4.69) is 10.1 Å². The zero-order chi connectivity index (χ0) is 10.7. The fourth-order valence-electron chi connectivity index (χ4n) is 1.29. The minimum absolute atomic E-state index is 0.232. The smallest absolute Gasteiger partial charge is 0.240 e. The van der Waals surface area contributed by atoms with Crippen LogP contribution in [0.3, 0.4) is 0 Å². The molecule has 5 heteroatoms. The Morgan fingerprint density at radius 2 is 2.27 bits per heavy atom. The minimum atomic E-state index is 0.232. The summed E-state index contributed by atoms with van der Waals surface area (Å²) >= 11 is 0. The summed E-state index contributed by atoms with van der Waals surface area (Å²) in [5.74, 6) is 1.22. The maximum atomic E-state index is 9.26. The van der Waals surface area contributed by atoms with Crippen LogP contribution in [0.4, 0.5) is 0 Å². The number of phenols is 1. The average Bonchev–Trinajstić information content (AvgIpc) is 2.65. The molecular weight excluding hydrogens is 194 g/mol. The van der Waals surface area contributed by atoms with Crippen LogP contribution in [-0.4, -0.2) is 15.2 Å². The summed E-state index contributed by atoms with van der Waals surface area (Å²) < 4.78 is 4.87. The molecule has 0 bridgehead atoms. The molecule has 0 fully saturated rings. The van der Waals surface area contributed by atoms with Gasteiger partial charge in [0.15, 0.2) is 5.82 Å². The van der Waals surface area contributed by atoms with Gasteiger partial charge in [-0.05, 0) is 17.7 Å². The Morgan fingerprint density at radius 1 is 1.40 bits per heavy atom. The molecule has 0 aliphatic heterocycles. The summed E-state index contributed by atoms with van der Waals surface area (Å²) in [6, 6.07) is 6.94. The number of benzene rings is 1. The molecule has 1 aromatic heterocycles. The number of nitrogens with zero attached hydrogens (tertiary/aromatic N) is 2. The zero-order valence-corrected chi connectivity index (χ0v) is 8.05. The average molecular weight is 205 g/mol. The Kier molecular flexibility index (Phi) is 2.64. The predicted molar refractivity (Wildman–Crippen MR) is 53.1 cm³/mol. The van der Waals surface area contributed by atoms with Gasteiger partial charge in [0.2, 0.25) is 5.89 Å². The van der Waals surface area contributed by atoms with Crippen LogP contribution in [0.1, 0.15) is 17.3 Å². The lowest BCUT2D eigenvalue weighted by Crippen LogP contribution is -1.97. The van der Waals surface area contributed by atoms with Gasteiger partial charge >= 0.3 is 0 Å². The lowest BCUT2D eigenvalue weighted by atomic mass is 10.1. The van der Waals surface area contributed by atoms with Gasteiger partial charge in [-0.2, -0.15) is 4.98 Å². The van der Waals surface area contributed by atoms with Crippen molar-refractivity contribution in [2.45, 2.75) is 13.0 Å². The van der Waals surface area contributed by atoms with E-state index < -0.39 is 0 Å². The van der Waals surface area contributed by atoms with Crippen molar-refractivity contribution in [3.05, 3.63) is 41.5 Å². The lowest BCUT2D eigenvalue weighted by Gasteiger charge is -1.96. The van der Waals surface area contributed by atoms with Crippen LogP contribution in [-0.2, 0) is 13.0 Å². The topological polar surface area (TPSA) is 85.2 Å². The van der Waals surface area contributed by atoms with Crippen molar-refractivity contribution in [1.82, 2.24) is 10.1 Å². The highest BCUT2D eigenvalue weighted by atomic mass is 16.5. The molecule has 3 N–H and O–H groups in total. The third-order valence-electron chi connectivity index (χ3n) is 1.96. The van der Waals surface area contributed by atoms with Crippen LogP contribution in [0.15, 0.2) is 28.8 Å². The fourth-order valence-corrected chi connectivity index (χ4v) is 1.29. The Balaban J connectivity index is 2.14. The van der Waals surface area contributed by atoms with E-state index in [1.54, 1.807) is 18.2 Å². The fraction of sp³-hybridized carbons (Fsp3) is 0.200. The molecule has 78 valence electrons. The summed E-state index contributed by atoms with van der Waals surface area (Å²) in [5.41, 5.74) is 6.27. The van der Waals surface area contributed by atoms with Crippen LogP contribution in [0.5, 0.6) is 5.75 Å². The first-order valence-corrected chi connectivity index (χ1v) is 4.57. The number of nitrogens with two attached hydrogens (primary N) is 1. The van der Waals surface area contributed by atoms with Crippen molar-refractivity contribution in [2.75, 3.05) is 0 Å². The summed E-state index contributed by atoms with van der Waals surface area (Å²) in [6.45, 7) is 0.243. The highest BCUT2D eigenvalue weighted by molar-refractivity contribution is 5.28. The van der Waals surface area contributed by atoms with E-state index in [0.717, 1.165) is 5.56 Å². The van der Waals surface area contributed by atoms with Crippen molar-refractivity contribution >= 4 is 0 Å². The van der Waals surface area contributed by atoms with Crippen molar-refractivity contribution in [3.8, 4) is 5.75 Å². The van der Waals surface area contributed by atoms with Gasteiger partial charge in [-0.3, -0.25) is 0 Å². The van der Waals surface area contributed by atoms with E-state index in [4.69, 9.17) is 10.3 Å². The molecule has 0 aliphatic rings. The Hall–Kier alpha value is -1.88. The van der Waals surface area contributed by atoms with Gasteiger partial charge in [0.05, 0.1) is 6.54 Å². The number of aromatic nitrogens is 2. The first kappa shape index (κ1) is 9.67. The van der Waals surface area contributed by atoms with E-state index in [0.29, 0.717) is 18.1 Å². The van der Waals surface area contributed by atoms with Crippen molar-refractivity contribution in [1.29, 1.82) is 0 Å². The van der Waals surface area contributed by atoms with E-state index in [-0.39, 0.29) is 12.3 Å². The number of phenolic OH excluding ortho intramolecular Hbond substituents is 1. The van der Waals surface area contributed by atoms with E-state index in [1.165, 1.54) is 0 Å². The second kappa shape index (κ2) is 4.10. The highest BCUT2D eigenvalue weighted by Gasteiger charge is 2.05. The largest absolute Gasteiger partial charge is 0.508 e. The highest BCUT2D eigenvalue weighted by Crippen LogP contribution is 2.13. The predicted octanol–water partition coefficient (Wildman–Crippen LogP) is 0.825. The van der Waals surface area contributed by atoms with Crippen molar-refractivity contribution in [3.63, 3.8) is 0 Å². The molecule has 0 radical (unpaired) electrons. The molecule has 5 nitrogen and oxygen atoms in total. The van der Waals surface area contributed by atoms with Crippen LogP contribution in [0.25, 0.3) is 0 Å². The molecule has 0 atom stereocenters. The first-order chi connectivity index (χ1) is 7.28. The Labute approximate surface area is 86.5 Å².